The van der Waals surface area contributed by atoms with Crippen LogP contribution in [0.5, 0.6) is 5.75 Å². The molecule has 2 aromatic heterocycles. The number of anilines is 3. The van der Waals surface area contributed by atoms with Crippen molar-refractivity contribution in [1.29, 1.82) is 0 Å². The van der Waals surface area contributed by atoms with Crippen LogP contribution in [0.25, 0.3) is 22.0 Å². The SMILES string of the molecule is Cc1cc(-c2ccc3ncc(C(=O)C4CC4)c(Nc4ccc(NC5CCNC5)nc4)c3c2)cc(F)c1O. The summed E-state index contributed by atoms with van der Waals surface area (Å²) in [5, 5.41) is 20.8. The third-order valence-electron chi connectivity index (χ3n) is 7.11. The Morgan fingerprint density at radius 1 is 1.05 bits per heavy atom. The normalized spacial score (nSPS) is 17.2. The van der Waals surface area contributed by atoms with E-state index in [1.54, 1.807) is 25.4 Å². The zero-order valence-corrected chi connectivity index (χ0v) is 20.5. The van der Waals surface area contributed by atoms with Crippen LogP contribution in [0.3, 0.4) is 0 Å². The fourth-order valence-electron chi connectivity index (χ4n) is 4.85. The maximum atomic E-state index is 14.3. The first-order chi connectivity index (χ1) is 18.0. The van der Waals surface area contributed by atoms with Crippen LogP contribution in [0.1, 0.15) is 35.2 Å². The second kappa shape index (κ2) is 9.44. The van der Waals surface area contributed by atoms with Gasteiger partial charge in [-0.15, -0.1) is 0 Å². The maximum absolute atomic E-state index is 14.3. The van der Waals surface area contributed by atoms with Crippen LogP contribution in [0.15, 0.2) is 54.9 Å². The number of carbonyl (C=O) groups excluding carboxylic acids is 1. The molecule has 2 aliphatic rings. The highest BCUT2D eigenvalue weighted by Gasteiger charge is 2.32. The van der Waals surface area contributed by atoms with E-state index in [0.717, 1.165) is 60.3 Å². The van der Waals surface area contributed by atoms with E-state index in [1.807, 2.05) is 30.3 Å². The summed E-state index contributed by atoms with van der Waals surface area (Å²) in [5.74, 6) is -0.103. The highest BCUT2D eigenvalue weighted by atomic mass is 19.1. The van der Waals surface area contributed by atoms with E-state index in [4.69, 9.17) is 0 Å². The van der Waals surface area contributed by atoms with Crippen molar-refractivity contribution in [3.63, 3.8) is 0 Å². The van der Waals surface area contributed by atoms with Crippen molar-refractivity contribution in [3.8, 4) is 16.9 Å². The summed E-state index contributed by atoms with van der Waals surface area (Å²) in [6.07, 6.45) is 6.24. The third kappa shape index (κ3) is 4.72. The largest absolute Gasteiger partial charge is 0.505 e. The van der Waals surface area contributed by atoms with Gasteiger partial charge in [0.05, 0.1) is 28.7 Å². The standard InChI is InChI=1S/C29H28FN5O2/c1-16-10-19(12-24(30)28(16)36)18-4-6-25-22(11-18)27(23(15-32-25)29(37)17-2-3-17)35-20-5-7-26(33-14-20)34-21-8-9-31-13-21/h4-7,10-12,14-15,17,21,31,36H,2-3,8-9,13H2,1H3,(H,32,35)(H,33,34). The molecule has 1 unspecified atom stereocenters. The van der Waals surface area contributed by atoms with Gasteiger partial charge >= 0.3 is 0 Å². The average Bonchev–Trinajstić information content (AvgIpc) is 3.64. The topological polar surface area (TPSA) is 99.2 Å². The monoisotopic (exact) mass is 497 g/mol. The van der Waals surface area contributed by atoms with Crippen molar-refractivity contribution in [3.05, 3.63) is 71.8 Å². The van der Waals surface area contributed by atoms with Crippen molar-refractivity contribution < 1.29 is 14.3 Å². The lowest BCUT2D eigenvalue weighted by atomic mass is 9.98. The lowest BCUT2D eigenvalue weighted by Crippen LogP contribution is -2.22. The minimum Gasteiger partial charge on any atom is -0.505 e. The van der Waals surface area contributed by atoms with E-state index in [2.05, 4.69) is 25.9 Å². The number of fused-ring (bicyclic) bond motifs is 1. The molecule has 188 valence electrons. The van der Waals surface area contributed by atoms with E-state index < -0.39 is 5.82 Å². The van der Waals surface area contributed by atoms with Gasteiger partial charge in [0.15, 0.2) is 17.3 Å². The van der Waals surface area contributed by atoms with Crippen LogP contribution in [-0.2, 0) is 0 Å². The van der Waals surface area contributed by atoms with Gasteiger partial charge in [-0.25, -0.2) is 9.37 Å². The Balaban J connectivity index is 1.40. The molecule has 8 heteroatoms. The summed E-state index contributed by atoms with van der Waals surface area (Å²) in [7, 11) is 0. The Bertz CT molecular complexity index is 1470. The number of aromatic nitrogens is 2. The van der Waals surface area contributed by atoms with Crippen molar-refractivity contribution in [2.75, 3.05) is 23.7 Å². The molecule has 2 fully saturated rings. The van der Waals surface area contributed by atoms with Crippen LogP contribution in [0, 0.1) is 18.7 Å². The van der Waals surface area contributed by atoms with E-state index in [1.165, 1.54) is 6.07 Å². The molecule has 2 aromatic carbocycles. The Labute approximate surface area is 214 Å². The average molecular weight is 498 g/mol. The first-order valence-corrected chi connectivity index (χ1v) is 12.6. The molecule has 0 bridgehead atoms. The molecule has 3 heterocycles. The summed E-state index contributed by atoms with van der Waals surface area (Å²) in [4.78, 5) is 22.3. The lowest BCUT2D eigenvalue weighted by Gasteiger charge is -2.16. The Hall–Kier alpha value is -4.04. The number of phenolic OH excluding ortho intramolecular Hbond substituents is 1. The summed E-state index contributed by atoms with van der Waals surface area (Å²) in [5.41, 5.74) is 4.54. The fourth-order valence-corrected chi connectivity index (χ4v) is 4.85. The van der Waals surface area contributed by atoms with Crippen molar-refractivity contribution in [2.45, 2.75) is 32.2 Å². The number of pyridine rings is 2. The molecule has 1 saturated heterocycles. The molecule has 1 saturated carbocycles. The number of benzene rings is 2. The molecule has 7 nitrogen and oxygen atoms in total. The Morgan fingerprint density at radius 3 is 2.62 bits per heavy atom. The molecule has 0 spiro atoms. The van der Waals surface area contributed by atoms with Crippen molar-refractivity contribution in [1.82, 2.24) is 15.3 Å². The fraction of sp³-hybridized carbons (Fsp3) is 0.276. The van der Waals surface area contributed by atoms with E-state index in [-0.39, 0.29) is 17.5 Å². The van der Waals surface area contributed by atoms with Gasteiger partial charge in [0, 0.05) is 30.1 Å². The van der Waals surface area contributed by atoms with Crippen LogP contribution in [-0.4, -0.2) is 40.0 Å². The lowest BCUT2D eigenvalue weighted by molar-refractivity contribution is 0.0968. The van der Waals surface area contributed by atoms with Gasteiger partial charge in [0.1, 0.15) is 5.82 Å². The number of aryl methyl sites for hydroxylation is 1. The number of Topliss-reactive ketones (excluding diaryl/α,β-unsaturated/α-hetero) is 1. The summed E-state index contributed by atoms with van der Waals surface area (Å²) in [6.45, 7) is 3.59. The molecule has 0 radical (unpaired) electrons. The van der Waals surface area contributed by atoms with Gasteiger partial charge in [0.2, 0.25) is 0 Å². The number of carbonyl (C=O) groups is 1. The van der Waals surface area contributed by atoms with E-state index in [9.17, 15) is 14.3 Å². The number of nitrogens with one attached hydrogen (secondary N) is 3. The van der Waals surface area contributed by atoms with E-state index >= 15 is 0 Å². The summed E-state index contributed by atoms with van der Waals surface area (Å²) in [6, 6.07) is 12.9. The minimum absolute atomic E-state index is 0.0292. The number of phenols is 1. The molecule has 1 atom stereocenters. The van der Waals surface area contributed by atoms with Gasteiger partial charge in [-0.3, -0.25) is 9.78 Å². The van der Waals surface area contributed by atoms with Crippen LogP contribution in [0.4, 0.5) is 21.6 Å². The second-order valence-electron chi connectivity index (χ2n) is 9.93. The van der Waals surface area contributed by atoms with E-state index in [0.29, 0.717) is 28.4 Å². The molecule has 4 aromatic rings. The number of ketones is 1. The number of rotatable bonds is 7. The van der Waals surface area contributed by atoms with Crippen LogP contribution >= 0.6 is 0 Å². The number of hydrogen-bond donors (Lipinski definition) is 4. The predicted molar refractivity (Wildman–Crippen MR) is 143 cm³/mol. The Kier molecular flexibility index (Phi) is 5.96. The maximum Gasteiger partial charge on any atom is 0.169 e. The molecule has 1 aliphatic heterocycles. The third-order valence-corrected chi connectivity index (χ3v) is 7.11. The summed E-state index contributed by atoms with van der Waals surface area (Å²) < 4.78 is 14.3. The molecule has 4 N–H and O–H groups in total. The number of nitrogens with zero attached hydrogens (tertiary/aromatic N) is 2. The molecule has 0 amide bonds. The number of halogens is 1. The first kappa shape index (κ1) is 23.4. The van der Waals surface area contributed by atoms with Crippen LogP contribution in [0.2, 0.25) is 0 Å². The van der Waals surface area contributed by atoms with Gasteiger partial charge < -0.3 is 21.1 Å². The Morgan fingerprint density at radius 2 is 1.92 bits per heavy atom. The number of aromatic hydroxyl groups is 1. The summed E-state index contributed by atoms with van der Waals surface area (Å²) >= 11 is 0. The molecular formula is C29H28FN5O2. The van der Waals surface area contributed by atoms with Crippen molar-refractivity contribution in [2.24, 2.45) is 5.92 Å². The highest BCUT2D eigenvalue weighted by Crippen LogP contribution is 2.39. The first-order valence-electron chi connectivity index (χ1n) is 12.6. The van der Waals surface area contributed by atoms with Crippen LogP contribution < -0.4 is 16.0 Å². The molecule has 37 heavy (non-hydrogen) atoms. The van der Waals surface area contributed by atoms with Gasteiger partial charge in [0.25, 0.3) is 0 Å². The predicted octanol–water partition coefficient (Wildman–Crippen LogP) is 5.56. The highest BCUT2D eigenvalue weighted by molar-refractivity contribution is 6.11. The second-order valence-corrected chi connectivity index (χ2v) is 9.93. The quantitative estimate of drug-likeness (QED) is 0.248. The van der Waals surface area contributed by atoms with Crippen molar-refractivity contribution >= 4 is 33.9 Å². The number of hydrogen-bond acceptors (Lipinski definition) is 7. The molecule has 6 rings (SSSR count). The minimum atomic E-state index is -0.669. The van der Waals surface area contributed by atoms with Gasteiger partial charge in [-0.2, -0.15) is 0 Å². The zero-order valence-electron chi connectivity index (χ0n) is 20.5. The molecular weight excluding hydrogens is 469 g/mol. The molecule has 1 aliphatic carbocycles. The van der Waals surface area contributed by atoms with Gasteiger partial charge in [-0.1, -0.05) is 6.07 Å². The van der Waals surface area contributed by atoms with Gasteiger partial charge in [-0.05, 0) is 85.8 Å². The smallest absolute Gasteiger partial charge is 0.169 e. The zero-order chi connectivity index (χ0) is 25.5.